The minimum absolute atomic E-state index is 0.141. The molecule has 0 bridgehead atoms. The molecule has 0 aliphatic carbocycles. The summed E-state index contributed by atoms with van der Waals surface area (Å²) in [4.78, 5) is 37.4. The Morgan fingerprint density at radius 2 is 1.82 bits per heavy atom. The highest BCUT2D eigenvalue weighted by Gasteiger charge is 2.24. The van der Waals surface area contributed by atoms with Gasteiger partial charge in [0.1, 0.15) is 22.0 Å². The maximum absolute atomic E-state index is 12.7. The van der Waals surface area contributed by atoms with Gasteiger partial charge in [0.05, 0.1) is 19.3 Å². The van der Waals surface area contributed by atoms with Crippen molar-refractivity contribution in [2.24, 2.45) is 0 Å². The van der Waals surface area contributed by atoms with Crippen LogP contribution in [0.1, 0.15) is 27.6 Å². The summed E-state index contributed by atoms with van der Waals surface area (Å²) in [6.07, 6.45) is 0.955. The van der Waals surface area contributed by atoms with Gasteiger partial charge in [0.15, 0.2) is 5.78 Å². The number of hydrogen-bond acceptors (Lipinski definition) is 7. The maximum Gasteiger partial charge on any atom is 0.352 e. The van der Waals surface area contributed by atoms with Gasteiger partial charge < -0.3 is 19.9 Å². The number of esters is 1. The molecule has 0 saturated heterocycles. The van der Waals surface area contributed by atoms with E-state index < -0.39 is 23.4 Å². The molecule has 0 fully saturated rings. The Balaban J connectivity index is 2.02. The van der Waals surface area contributed by atoms with Crippen LogP contribution in [-0.2, 0) is 9.53 Å². The topological polar surface area (TPSA) is 102 Å². The van der Waals surface area contributed by atoms with Gasteiger partial charge in [-0.15, -0.1) is 11.3 Å². The predicted molar refractivity (Wildman–Crippen MR) is 127 cm³/mol. The first-order valence-electron chi connectivity index (χ1n) is 9.79. The van der Waals surface area contributed by atoms with E-state index >= 15 is 0 Å². The molecule has 0 spiro atoms. The van der Waals surface area contributed by atoms with Crippen molar-refractivity contribution in [3.05, 3.63) is 81.8 Å². The van der Waals surface area contributed by atoms with Crippen LogP contribution in [0.3, 0.4) is 0 Å². The third-order valence-electron chi connectivity index (χ3n) is 4.55. The van der Waals surface area contributed by atoms with Crippen LogP contribution in [0, 0.1) is 0 Å². The molecule has 1 heterocycles. The van der Waals surface area contributed by atoms with Crippen LogP contribution in [0.25, 0.3) is 11.1 Å². The number of thiophene rings is 1. The van der Waals surface area contributed by atoms with E-state index in [1.165, 1.54) is 13.2 Å². The Morgan fingerprint density at radius 1 is 1.12 bits per heavy atom. The largest absolute Gasteiger partial charge is 0.496 e. The summed E-state index contributed by atoms with van der Waals surface area (Å²) in [5, 5.41) is 14.9. The SMILES string of the molecule is CCOC(=O)c1c(-c2ccc(Cl)cc2)csc1NC(=CC(=O)c1ccccc1OC)C(=O)O. The molecule has 7 nitrogen and oxygen atoms in total. The Morgan fingerprint density at radius 3 is 2.45 bits per heavy atom. The number of para-hydroxylation sites is 1. The minimum atomic E-state index is -1.37. The molecule has 0 amide bonds. The molecule has 3 aromatic rings. The van der Waals surface area contributed by atoms with Gasteiger partial charge in [-0.2, -0.15) is 0 Å². The van der Waals surface area contributed by atoms with Gasteiger partial charge in [-0.1, -0.05) is 35.9 Å². The zero-order valence-electron chi connectivity index (χ0n) is 17.8. The summed E-state index contributed by atoms with van der Waals surface area (Å²) in [7, 11) is 1.42. The number of hydrogen-bond donors (Lipinski definition) is 2. The van der Waals surface area contributed by atoms with Crippen LogP contribution in [-0.4, -0.2) is 36.5 Å². The number of carboxylic acid groups (broad SMARTS) is 1. The molecule has 170 valence electrons. The molecular weight excluding hydrogens is 466 g/mol. The molecule has 0 aliphatic rings. The van der Waals surface area contributed by atoms with Crippen molar-refractivity contribution in [2.45, 2.75) is 6.92 Å². The maximum atomic E-state index is 12.7. The van der Waals surface area contributed by atoms with Crippen LogP contribution in [0.5, 0.6) is 5.75 Å². The van der Waals surface area contributed by atoms with E-state index in [0.29, 0.717) is 21.9 Å². The van der Waals surface area contributed by atoms with Gasteiger partial charge in [0.25, 0.3) is 0 Å². The molecule has 0 radical (unpaired) electrons. The third kappa shape index (κ3) is 5.60. The molecule has 0 atom stereocenters. The predicted octanol–water partition coefficient (Wildman–Crippen LogP) is 5.52. The van der Waals surface area contributed by atoms with Gasteiger partial charge in [-0.3, -0.25) is 4.79 Å². The fraction of sp³-hybridized carbons (Fsp3) is 0.125. The van der Waals surface area contributed by atoms with Crippen LogP contribution in [0.4, 0.5) is 5.00 Å². The van der Waals surface area contributed by atoms with Gasteiger partial charge in [-0.25, -0.2) is 9.59 Å². The fourth-order valence-electron chi connectivity index (χ4n) is 3.03. The Kier molecular flexibility index (Phi) is 7.87. The fourth-order valence-corrected chi connectivity index (χ4v) is 4.12. The molecular formula is C24H20ClNO6S. The van der Waals surface area contributed by atoms with Crippen LogP contribution in [0.2, 0.25) is 5.02 Å². The normalized spacial score (nSPS) is 11.1. The van der Waals surface area contributed by atoms with Gasteiger partial charge in [-0.05, 0) is 36.8 Å². The smallest absolute Gasteiger partial charge is 0.352 e. The van der Waals surface area contributed by atoms with Crippen LogP contribution < -0.4 is 10.1 Å². The van der Waals surface area contributed by atoms with E-state index in [4.69, 9.17) is 21.1 Å². The summed E-state index contributed by atoms with van der Waals surface area (Å²) in [5.41, 5.74) is 1.23. The Bertz CT molecular complexity index is 1220. The average molecular weight is 486 g/mol. The van der Waals surface area contributed by atoms with E-state index in [9.17, 15) is 19.5 Å². The number of ether oxygens (including phenoxy) is 2. The lowest BCUT2D eigenvalue weighted by Crippen LogP contribution is -2.15. The summed E-state index contributed by atoms with van der Waals surface area (Å²) in [5.74, 6) is -2.23. The van der Waals surface area contributed by atoms with E-state index in [1.807, 2.05) is 0 Å². The molecule has 1 aromatic heterocycles. The number of anilines is 1. The molecule has 0 aliphatic heterocycles. The van der Waals surface area contributed by atoms with Crippen molar-refractivity contribution in [3.63, 3.8) is 0 Å². The second-order valence-electron chi connectivity index (χ2n) is 6.63. The summed E-state index contributed by atoms with van der Waals surface area (Å²) < 4.78 is 10.4. The van der Waals surface area contributed by atoms with Crippen molar-refractivity contribution in [1.29, 1.82) is 0 Å². The lowest BCUT2D eigenvalue weighted by Gasteiger charge is -2.10. The lowest BCUT2D eigenvalue weighted by molar-refractivity contribution is -0.132. The number of aliphatic carboxylic acids is 1. The van der Waals surface area contributed by atoms with Gasteiger partial charge in [0.2, 0.25) is 0 Å². The van der Waals surface area contributed by atoms with E-state index in [-0.39, 0.29) is 22.7 Å². The highest BCUT2D eigenvalue weighted by atomic mass is 35.5. The second kappa shape index (κ2) is 10.8. The molecule has 0 saturated carbocycles. The molecule has 2 N–H and O–H groups in total. The number of carbonyl (C=O) groups is 3. The van der Waals surface area contributed by atoms with Crippen molar-refractivity contribution < 1.29 is 29.0 Å². The van der Waals surface area contributed by atoms with E-state index in [1.54, 1.807) is 54.8 Å². The summed E-state index contributed by atoms with van der Waals surface area (Å²) in [6.45, 7) is 1.82. The zero-order valence-corrected chi connectivity index (χ0v) is 19.3. The van der Waals surface area contributed by atoms with Gasteiger partial charge >= 0.3 is 11.9 Å². The van der Waals surface area contributed by atoms with Gasteiger partial charge in [0, 0.05) is 22.0 Å². The van der Waals surface area contributed by atoms with Crippen molar-refractivity contribution in [2.75, 3.05) is 19.0 Å². The Labute approximate surface area is 199 Å². The number of carboxylic acids is 1. The number of halogens is 1. The standard InChI is InChI=1S/C24H20ClNO6S/c1-3-32-24(30)21-17(14-8-10-15(25)11-9-14)13-33-22(21)26-18(23(28)29)12-19(27)16-6-4-5-7-20(16)31-2/h4-13,26H,3H2,1-2H3,(H,28,29). The van der Waals surface area contributed by atoms with E-state index in [2.05, 4.69) is 5.32 Å². The number of ketones is 1. The third-order valence-corrected chi connectivity index (χ3v) is 5.70. The van der Waals surface area contributed by atoms with Crippen LogP contribution >= 0.6 is 22.9 Å². The molecule has 0 unspecified atom stereocenters. The molecule has 3 rings (SSSR count). The zero-order chi connectivity index (χ0) is 24.0. The van der Waals surface area contributed by atoms with Crippen molar-refractivity contribution in [3.8, 4) is 16.9 Å². The quantitative estimate of drug-likeness (QED) is 0.234. The second-order valence-corrected chi connectivity index (χ2v) is 7.95. The number of rotatable bonds is 9. The monoisotopic (exact) mass is 485 g/mol. The number of carbonyl (C=O) groups excluding carboxylic acids is 2. The minimum Gasteiger partial charge on any atom is -0.496 e. The Hall–Kier alpha value is -3.62. The number of nitrogens with one attached hydrogen (secondary N) is 1. The first-order chi connectivity index (χ1) is 15.8. The first kappa shape index (κ1) is 24.0. The molecule has 9 heteroatoms. The molecule has 2 aromatic carbocycles. The van der Waals surface area contributed by atoms with E-state index in [0.717, 1.165) is 17.4 Å². The van der Waals surface area contributed by atoms with Crippen molar-refractivity contribution in [1.82, 2.24) is 0 Å². The first-order valence-corrected chi connectivity index (χ1v) is 11.0. The number of methoxy groups -OCH3 is 1. The van der Waals surface area contributed by atoms with Crippen molar-refractivity contribution >= 4 is 45.7 Å². The summed E-state index contributed by atoms with van der Waals surface area (Å²) in [6, 6.07) is 13.3. The highest BCUT2D eigenvalue weighted by Crippen LogP contribution is 2.37. The highest BCUT2D eigenvalue weighted by molar-refractivity contribution is 7.15. The summed E-state index contributed by atoms with van der Waals surface area (Å²) >= 11 is 7.09. The average Bonchev–Trinajstić information content (AvgIpc) is 3.22. The number of benzene rings is 2. The number of allylic oxidation sites excluding steroid dienone is 1. The lowest BCUT2D eigenvalue weighted by atomic mass is 10.0. The van der Waals surface area contributed by atoms with Crippen LogP contribution in [0.15, 0.2) is 65.7 Å². The molecule has 33 heavy (non-hydrogen) atoms.